The Bertz CT molecular complexity index is 385. The first-order chi connectivity index (χ1) is 9.50. The minimum Gasteiger partial charge on any atom is -0.481 e. The summed E-state index contributed by atoms with van der Waals surface area (Å²) < 4.78 is 0. The van der Waals surface area contributed by atoms with Crippen molar-refractivity contribution in [1.82, 2.24) is 4.90 Å². The summed E-state index contributed by atoms with van der Waals surface area (Å²) in [7, 11) is 0. The lowest BCUT2D eigenvalue weighted by Crippen LogP contribution is -2.53. The fourth-order valence-corrected chi connectivity index (χ4v) is 3.63. The summed E-state index contributed by atoms with van der Waals surface area (Å²) in [5.74, 6) is -0.799. The van der Waals surface area contributed by atoms with E-state index in [1.54, 1.807) is 4.90 Å². The summed E-state index contributed by atoms with van der Waals surface area (Å²) >= 11 is 0. The van der Waals surface area contributed by atoms with Gasteiger partial charge in [-0.05, 0) is 32.1 Å². The minimum absolute atomic E-state index is 0.0565. The molecule has 0 spiro atoms. The molecular weight excluding hydrogens is 256 g/mol. The van der Waals surface area contributed by atoms with E-state index in [4.69, 9.17) is 5.73 Å². The molecule has 1 saturated heterocycles. The van der Waals surface area contributed by atoms with Crippen molar-refractivity contribution in [2.24, 2.45) is 17.1 Å². The first-order valence-corrected chi connectivity index (χ1v) is 7.78. The normalized spacial score (nSPS) is 34.8. The van der Waals surface area contributed by atoms with Gasteiger partial charge in [-0.2, -0.15) is 0 Å². The van der Waals surface area contributed by atoms with Crippen LogP contribution in [0.25, 0.3) is 0 Å². The third kappa shape index (κ3) is 2.82. The molecule has 0 bridgehead atoms. The quantitative estimate of drug-likeness (QED) is 0.823. The van der Waals surface area contributed by atoms with Gasteiger partial charge in [-0.15, -0.1) is 0 Å². The molecule has 5 heteroatoms. The van der Waals surface area contributed by atoms with Crippen LogP contribution in [0.1, 0.15) is 51.9 Å². The highest BCUT2D eigenvalue weighted by Gasteiger charge is 2.43. The Morgan fingerprint density at radius 2 is 2.00 bits per heavy atom. The van der Waals surface area contributed by atoms with Crippen LogP contribution < -0.4 is 5.73 Å². The van der Waals surface area contributed by atoms with E-state index in [1.807, 2.05) is 6.92 Å². The molecule has 0 aromatic carbocycles. The van der Waals surface area contributed by atoms with E-state index in [0.29, 0.717) is 25.9 Å². The average Bonchev–Trinajstić information content (AvgIpc) is 2.47. The van der Waals surface area contributed by atoms with Crippen molar-refractivity contribution in [2.45, 2.75) is 57.9 Å². The first-order valence-electron chi connectivity index (χ1n) is 7.78. The summed E-state index contributed by atoms with van der Waals surface area (Å²) in [4.78, 5) is 26.0. The fourth-order valence-electron chi connectivity index (χ4n) is 3.63. The van der Waals surface area contributed by atoms with Crippen LogP contribution in [-0.4, -0.2) is 41.0 Å². The van der Waals surface area contributed by atoms with Gasteiger partial charge in [0.05, 0.1) is 11.3 Å². The second-order valence-electron chi connectivity index (χ2n) is 6.36. The van der Waals surface area contributed by atoms with Crippen molar-refractivity contribution in [2.75, 3.05) is 13.1 Å². The van der Waals surface area contributed by atoms with Gasteiger partial charge in [-0.1, -0.05) is 19.8 Å². The number of aliphatic carboxylic acids is 1. The predicted octanol–water partition coefficient (Wildman–Crippen LogP) is 1.61. The SMILES string of the molecule is CCC1(C(=O)O)CCCN(C(=O)C2CCCCC2N)C1. The monoisotopic (exact) mass is 282 g/mol. The zero-order valence-corrected chi connectivity index (χ0v) is 12.3. The lowest BCUT2D eigenvalue weighted by atomic mass is 9.76. The fraction of sp³-hybridized carbons (Fsp3) is 0.867. The number of nitrogens with zero attached hydrogens (tertiary/aromatic N) is 1. The van der Waals surface area contributed by atoms with Gasteiger partial charge in [0.1, 0.15) is 0 Å². The lowest BCUT2D eigenvalue weighted by Gasteiger charge is -2.42. The van der Waals surface area contributed by atoms with E-state index in [0.717, 1.165) is 32.1 Å². The molecule has 1 aliphatic heterocycles. The van der Waals surface area contributed by atoms with Crippen molar-refractivity contribution in [3.63, 3.8) is 0 Å². The molecule has 1 heterocycles. The number of carboxylic acid groups (broad SMARTS) is 1. The van der Waals surface area contributed by atoms with Crippen LogP contribution in [0.3, 0.4) is 0 Å². The molecule has 3 N–H and O–H groups in total. The topological polar surface area (TPSA) is 83.6 Å². The Balaban J connectivity index is 2.08. The average molecular weight is 282 g/mol. The van der Waals surface area contributed by atoms with Gasteiger partial charge in [-0.25, -0.2) is 0 Å². The van der Waals surface area contributed by atoms with Gasteiger partial charge in [0.25, 0.3) is 0 Å². The molecule has 20 heavy (non-hydrogen) atoms. The Hall–Kier alpha value is -1.10. The highest BCUT2D eigenvalue weighted by molar-refractivity contribution is 5.82. The van der Waals surface area contributed by atoms with E-state index in [2.05, 4.69) is 0 Å². The number of likely N-dealkylation sites (tertiary alicyclic amines) is 1. The van der Waals surface area contributed by atoms with Crippen molar-refractivity contribution in [3.8, 4) is 0 Å². The third-order valence-electron chi connectivity index (χ3n) is 5.16. The van der Waals surface area contributed by atoms with Crippen molar-refractivity contribution in [3.05, 3.63) is 0 Å². The maximum absolute atomic E-state index is 12.6. The Kier molecular flexibility index (Phi) is 4.68. The summed E-state index contributed by atoms with van der Waals surface area (Å²) in [6.07, 6.45) is 5.91. The molecule has 2 rings (SSSR count). The number of carbonyl (C=O) groups is 2. The van der Waals surface area contributed by atoms with Gasteiger partial charge in [0, 0.05) is 19.1 Å². The molecule has 3 unspecified atom stereocenters. The highest BCUT2D eigenvalue weighted by atomic mass is 16.4. The van der Waals surface area contributed by atoms with Crippen LogP contribution >= 0.6 is 0 Å². The van der Waals surface area contributed by atoms with Gasteiger partial charge in [0.2, 0.25) is 5.91 Å². The molecular formula is C15H26N2O3. The molecule has 2 fully saturated rings. The van der Waals surface area contributed by atoms with Crippen LogP contribution in [0.4, 0.5) is 0 Å². The van der Waals surface area contributed by atoms with E-state index in [-0.39, 0.29) is 17.9 Å². The second kappa shape index (κ2) is 6.12. The van der Waals surface area contributed by atoms with Crippen LogP contribution in [0.5, 0.6) is 0 Å². The molecule has 2 aliphatic rings. The lowest BCUT2D eigenvalue weighted by molar-refractivity contribution is -0.156. The van der Waals surface area contributed by atoms with Crippen LogP contribution in [-0.2, 0) is 9.59 Å². The van der Waals surface area contributed by atoms with Crippen molar-refractivity contribution >= 4 is 11.9 Å². The van der Waals surface area contributed by atoms with Gasteiger partial charge in [0.15, 0.2) is 0 Å². The molecule has 1 amide bonds. The number of piperidine rings is 1. The zero-order valence-electron chi connectivity index (χ0n) is 12.3. The number of hydrogen-bond acceptors (Lipinski definition) is 3. The molecule has 0 radical (unpaired) electrons. The van der Waals surface area contributed by atoms with Crippen molar-refractivity contribution < 1.29 is 14.7 Å². The van der Waals surface area contributed by atoms with Crippen LogP contribution in [0.15, 0.2) is 0 Å². The third-order valence-corrected chi connectivity index (χ3v) is 5.16. The summed E-state index contributed by atoms with van der Waals surface area (Å²) in [6.45, 7) is 2.92. The van der Waals surface area contributed by atoms with E-state index in [9.17, 15) is 14.7 Å². The molecule has 1 saturated carbocycles. The summed E-state index contributed by atoms with van der Waals surface area (Å²) in [6, 6.07) is -0.0565. The van der Waals surface area contributed by atoms with E-state index in [1.165, 1.54) is 0 Å². The van der Waals surface area contributed by atoms with E-state index < -0.39 is 11.4 Å². The number of carboxylic acids is 1. The number of amides is 1. The van der Waals surface area contributed by atoms with Crippen molar-refractivity contribution in [1.29, 1.82) is 0 Å². The zero-order chi connectivity index (χ0) is 14.8. The van der Waals surface area contributed by atoms with Gasteiger partial charge >= 0.3 is 5.97 Å². The molecule has 5 nitrogen and oxygen atoms in total. The molecule has 3 atom stereocenters. The number of hydrogen-bond donors (Lipinski definition) is 2. The van der Waals surface area contributed by atoms with Crippen LogP contribution in [0.2, 0.25) is 0 Å². The Morgan fingerprint density at radius 1 is 1.30 bits per heavy atom. The minimum atomic E-state index is -0.773. The largest absolute Gasteiger partial charge is 0.481 e. The molecule has 114 valence electrons. The summed E-state index contributed by atoms with van der Waals surface area (Å²) in [5.41, 5.74) is 5.33. The van der Waals surface area contributed by atoms with Gasteiger partial charge in [-0.3, -0.25) is 9.59 Å². The standard InChI is InChI=1S/C15H26N2O3/c1-2-15(14(19)20)8-5-9-17(10-15)13(18)11-6-3-4-7-12(11)16/h11-12H,2-10,16H2,1H3,(H,19,20). The van der Waals surface area contributed by atoms with E-state index >= 15 is 0 Å². The Labute approximate surface area is 120 Å². The number of nitrogens with two attached hydrogens (primary N) is 1. The van der Waals surface area contributed by atoms with Gasteiger partial charge < -0.3 is 15.7 Å². The molecule has 0 aromatic heterocycles. The maximum Gasteiger partial charge on any atom is 0.311 e. The molecule has 0 aromatic rings. The van der Waals surface area contributed by atoms with Crippen LogP contribution in [0, 0.1) is 11.3 Å². The second-order valence-corrected chi connectivity index (χ2v) is 6.36. The Morgan fingerprint density at radius 3 is 2.60 bits per heavy atom. The highest BCUT2D eigenvalue weighted by Crippen LogP contribution is 2.35. The first kappa shape index (κ1) is 15.3. The maximum atomic E-state index is 12.6. The smallest absolute Gasteiger partial charge is 0.311 e. The molecule has 1 aliphatic carbocycles. The number of rotatable bonds is 3. The predicted molar refractivity (Wildman–Crippen MR) is 76.1 cm³/mol. The number of carbonyl (C=O) groups excluding carboxylic acids is 1. The summed E-state index contributed by atoms with van der Waals surface area (Å²) in [5, 5.41) is 9.49.